The SMILES string of the molecule is Ic1nc(I)nc(-c2ccccc2)n1. The fourth-order valence-corrected chi connectivity index (χ4v) is 2.42. The number of aromatic nitrogens is 3. The van der Waals surface area contributed by atoms with Gasteiger partial charge in [-0.3, -0.25) is 0 Å². The van der Waals surface area contributed by atoms with Crippen molar-refractivity contribution in [1.29, 1.82) is 0 Å². The monoisotopic (exact) mass is 409 g/mol. The van der Waals surface area contributed by atoms with Crippen LogP contribution in [0, 0.1) is 7.66 Å². The molecule has 1 heterocycles. The third-order valence-electron chi connectivity index (χ3n) is 1.61. The summed E-state index contributed by atoms with van der Waals surface area (Å²) in [7, 11) is 0. The molecule has 2 aromatic rings. The van der Waals surface area contributed by atoms with E-state index < -0.39 is 0 Å². The van der Waals surface area contributed by atoms with Crippen LogP contribution in [0.1, 0.15) is 0 Å². The molecule has 1 aromatic carbocycles. The van der Waals surface area contributed by atoms with E-state index in [1.165, 1.54) is 0 Å². The first-order valence-electron chi connectivity index (χ1n) is 3.88. The van der Waals surface area contributed by atoms with Crippen LogP contribution in [0.25, 0.3) is 11.4 Å². The standard InChI is InChI=1S/C9H5I2N3/c10-8-12-7(13-9(11)14-8)6-4-2-1-3-5-6/h1-5H. The normalized spacial score (nSPS) is 10.1. The first-order valence-corrected chi connectivity index (χ1v) is 6.04. The minimum atomic E-state index is 0.723. The van der Waals surface area contributed by atoms with Crippen molar-refractivity contribution in [2.75, 3.05) is 0 Å². The maximum Gasteiger partial charge on any atom is 0.195 e. The number of hydrogen-bond donors (Lipinski definition) is 0. The zero-order chi connectivity index (χ0) is 9.97. The zero-order valence-corrected chi connectivity index (χ0v) is 11.3. The Kier molecular flexibility index (Phi) is 3.26. The number of rotatable bonds is 1. The molecule has 0 amide bonds. The van der Waals surface area contributed by atoms with Gasteiger partial charge >= 0.3 is 0 Å². The van der Waals surface area contributed by atoms with E-state index in [-0.39, 0.29) is 0 Å². The molecule has 2 rings (SSSR count). The molecular formula is C9H5I2N3. The summed E-state index contributed by atoms with van der Waals surface area (Å²) < 4.78 is 1.45. The third kappa shape index (κ3) is 2.38. The maximum absolute atomic E-state index is 4.26. The number of halogens is 2. The fraction of sp³-hybridized carbons (Fsp3) is 0. The van der Waals surface area contributed by atoms with E-state index in [9.17, 15) is 0 Å². The molecule has 0 N–H and O–H groups in total. The molecule has 0 saturated heterocycles. The molecule has 0 unspecified atom stereocenters. The lowest BCUT2D eigenvalue weighted by atomic mass is 10.2. The van der Waals surface area contributed by atoms with Gasteiger partial charge in [-0.25, -0.2) is 9.97 Å². The van der Waals surface area contributed by atoms with Crippen LogP contribution >= 0.6 is 45.2 Å². The quantitative estimate of drug-likeness (QED) is 0.681. The summed E-state index contributed by atoms with van der Waals surface area (Å²) in [5, 5.41) is 0. The second kappa shape index (κ2) is 4.47. The molecule has 0 bridgehead atoms. The molecule has 70 valence electrons. The van der Waals surface area contributed by atoms with Crippen molar-refractivity contribution in [3.63, 3.8) is 0 Å². The fourth-order valence-electron chi connectivity index (χ4n) is 1.04. The van der Waals surface area contributed by atoms with Crippen molar-refractivity contribution in [1.82, 2.24) is 15.0 Å². The van der Waals surface area contributed by atoms with E-state index in [0.29, 0.717) is 0 Å². The van der Waals surface area contributed by atoms with Gasteiger partial charge in [0.25, 0.3) is 0 Å². The Hall–Kier alpha value is -0.310. The summed E-state index contributed by atoms with van der Waals surface area (Å²) in [6, 6.07) is 9.89. The lowest BCUT2D eigenvalue weighted by Crippen LogP contribution is -1.98. The van der Waals surface area contributed by atoms with E-state index in [4.69, 9.17) is 0 Å². The Bertz CT molecular complexity index is 425. The van der Waals surface area contributed by atoms with Crippen LogP contribution in [0.5, 0.6) is 0 Å². The van der Waals surface area contributed by atoms with Gasteiger partial charge in [-0.2, -0.15) is 4.98 Å². The van der Waals surface area contributed by atoms with Crippen molar-refractivity contribution in [3.05, 3.63) is 38.0 Å². The van der Waals surface area contributed by atoms with Gasteiger partial charge in [0.2, 0.25) is 0 Å². The molecule has 0 aliphatic heterocycles. The van der Waals surface area contributed by atoms with Gasteiger partial charge in [-0.05, 0) is 0 Å². The minimum absolute atomic E-state index is 0.723. The predicted molar refractivity (Wildman–Crippen MR) is 70.7 cm³/mol. The molecule has 0 fully saturated rings. The van der Waals surface area contributed by atoms with Gasteiger partial charge in [-0.1, -0.05) is 30.3 Å². The number of nitrogens with zero attached hydrogens (tertiary/aromatic N) is 3. The highest BCUT2D eigenvalue weighted by molar-refractivity contribution is 14.1. The average Bonchev–Trinajstić information content (AvgIpc) is 2.18. The van der Waals surface area contributed by atoms with E-state index in [2.05, 4.69) is 60.1 Å². The predicted octanol–water partition coefficient (Wildman–Crippen LogP) is 2.75. The largest absolute Gasteiger partial charge is 0.203 e. The molecule has 14 heavy (non-hydrogen) atoms. The maximum atomic E-state index is 4.26. The topological polar surface area (TPSA) is 38.7 Å². The van der Waals surface area contributed by atoms with Crippen molar-refractivity contribution in [2.24, 2.45) is 0 Å². The van der Waals surface area contributed by atoms with Crippen LogP contribution < -0.4 is 0 Å². The van der Waals surface area contributed by atoms with Crippen LogP contribution in [0.3, 0.4) is 0 Å². The molecule has 3 nitrogen and oxygen atoms in total. The Morgan fingerprint density at radius 2 is 1.36 bits per heavy atom. The Labute approximate surface area is 109 Å². The van der Waals surface area contributed by atoms with Crippen LogP contribution in [-0.2, 0) is 0 Å². The van der Waals surface area contributed by atoms with Crippen molar-refractivity contribution in [2.45, 2.75) is 0 Å². The summed E-state index contributed by atoms with van der Waals surface area (Å²) in [6.07, 6.45) is 0. The summed E-state index contributed by atoms with van der Waals surface area (Å²) in [5.41, 5.74) is 1.02. The van der Waals surface area contributed by atoms with Crippen LogP contribution in [-0.4, -0.2) is 15.0 Å². The summed E-state index contributed by atoms with van der Waals surface area (Å²) in [5.74, 6) is 0.731. The molecular weight excluding hydrogens is 404 g/mol. The zero-order valence-electron chi connectivity index (χ0n) is 6.98. The summed E-state index contributed by atoms with van der Waals surface area (Å²) in [4.78, 5) is 12.6. The molecule has 1 aromatic heterocycles. The molecule has 0 aliphatic carbocycles. The van der Waals surface area contributed by atoms with Gasteiger partial charge in [0, 0.05) is 50.7 Å². The van der Waals surface area contributed by atoms with Gasteiger partial charge in [-0.15, -0.1) is 0 Å². The Morgan fingerprint density at radius 3 is 1.93 bits per heavy atom. The van der Waals surface area contributed by atoms with Gasteiger partial charge in [0.15, 0.2) is 13.5 Å². The number of hydrogen-bond acceptors (Lipinski definition) is 3. The lowest BCUT2D eigenvalue weighted by Gasteiger charge is -1.99. The van der Waals surface area contributed by atoms with Crippen molar-refractivity contribution in [3.8, 4) is 11.4 Å². The first kappa shape index (κ1) is 10.2. The molecule has 0 saturated carbocycles. The van der Waals surface area contributed by atoms with Crippen molar-refractivity contribution < 1.29 is 0 Å². The van der Waals surface area contributed by atoms with Gasteiger partial charge < -0.3 is 0 Å². The van der Waals surface area contributed by atoms with Gasteiger partial charge in [0.05, 0.1) is 0 Å². The molecule has 5 heteroatoms. The smallest absolute Gasteiger partial charge is 0.195 e. The highest BCUT2D eigenvalue weighted by atomic mass is 127. The summed E-state index contributed by atoms with van der Waals surface area (Å²) >= 11 is 4.18. The number of benzene rings is 1. The lowest BCUT2D eigenvalue weighted by molar-refractivity contribution is 0.976. The van der Waals surface area contributed by atoms with E-state index in [1.807, 2.05) is 30.3 Å². The van der Waals surface area contributed by atoms with Crippen LogP contribution in [0.15, 0.2) is 30.3 Å². The van der Waals surface area contributed by atoms with Gasteiger partial charge in [0.1, 0.15) is 0 Å². The second-order valence-electron chi connectivity index (χ2n) is 2.56. The van der Waals surface area contributed by atoms with E-state index in [0.717, 1.165) is 19.1 Å². The Morgan fingerprint density at radius 1 is 0.786 bits per heavy atom. The molecule has 0 radical (unpaired) electrons. The Balaban J connectivity index is 2.52. The van der Waals surface area contributed by atoms with Crippen LogP contribution in [0.2, 0.25) is 0 Å². The molecule has 0 aliphatic rings. The minimum Gasteiger partial charge on any atom is -0.203 e. The highest BCUT2D eigenvalue weighted by Gasteiger charge is 2.03. The second-order valence-corrected chi connectivity index (χ2v) is 4.49. The first-order chi connectivity index (χ1) is 6.75. The highest BCUT2D eigenvalue weighted by Crippen LogP contribution is 2.15. The molecule has 0 atom stereocenters. The molecule has 0 spiro atoms. The average molecular weight is 409 g/mol. The van der Waals surface area contributed by atoms with Crippen molar-refractivity contribution >= 4 is 45.2 Å². The van der Waals surface area contributed by atoms with E-state index in [1.54, 1.807) is 0 Å². The van der Waals surface area contributed by atoms with E-state index >= 15 is 0 Å². The summed E-state index contributed by atoms with van der Waals surface area (Å²) in [6.45, 7) is 0. The van der Waals surface area contributed by atoms with Crippen LogP contribution in [0.4, 0.5) is 0 Å². The third-order valence-corrected chi connectivity index (χ3v) is 2.58.